The number of nitrogens with zero attached hydrogens (tertiary/aromatic N) is 3. The number of aromatic nitrogens is 4. The second-order valence-corrected chi connectivity index (χ2v) is 7.96. The van der Waals surface area contributed by atoms with Gasteiger partial charge >= 0.3 is 0 Å². The minimum atomic E-state index is -0.307. The molecule has 3 aromatic heterocycles. The topological polar surface area (TPSA) is 123 Å². The Labute approximate surface area is 185 Å². The third kappa shape index (κ3) is 3.98. The summed E-state index contributed by atoms with van der Waals surface area (Å²) < 4.78 is 13.3. The Morgan fingerprint density at radius 2 is 2.25 bits per heavy atom. The second kappa shape index (κ2) is 9.09. The first-order chi connectivity index (χ1) is 15.4. The van der Waals surface area contributed by atoms with Gasteiger partial charge in [0.2, 0.25) is 0 Å². The fraction of sp³-hybridized carbons (Fsp3) is 0.455. The second-order valence-electron chi connectivity index (χ2n) is 7.96. The van der Waals surface area contributed by atoms with E-state index in [1.165, 1.54) is 13.4 Å². The van der Waals surface area contributed by atoms with Gasteiger partial charge in [-0.15, -0.1) is 0 Å². The largest absolute Gasteiger partial charge is 0.496 e. The number of methoxy groups -OCH3 is 1. The molecule has 4 heterocycles. The van der Waals surface area contributed by atoms with Gasteiger partial charge in [0.05, 0.1) is 48.9 Å². The Hall–Kier alpha value is -3.24. The highest BCUT2D eigenvalue weighted by Crippen LogP contribution is 2.29. The lowest BCUT2D eigenvalue weighted by Crippen LogP contribution is -2.42. The zero-order valence-corrected chi connectivity index (χ0v) is 18.7. The maximum Gasteiger partial charge on any atom is 0.256 e. The van der Waals surface area contributed by atoms with Gasteiger partial charge in [-0.1, -0.05) is 0 Å². The number of hydrogen-bond donors (Lipinski definition) is 3. The SMILES string of the molecule is COc1cc(C)[nH]c(=O)c1CNC(=O)c1c(C)n([C@H](C)C2CNCCO2)c2ncncc12. The monoisotopic (exact) mass is 440 g/mol. The number of rotatable bonds is 6. The molecule has 4 rings (SSSR count). The van der Waals surface area contributed by atoms with Gasteiger partial charge < -0.3 is 29.7 Å². The summed E-state index contributed by atoms with van der Waals surface area (Å²) in [4.78, 5) is 37.0. The molecule has 0 spiro atoms. The number of amides is 1. The number of morpholine rings is 1. The molecule has 1 fully saturated rings. The molecule has 3 aromatic rings. The molecule has 10 heteroatoms. The van der Waals surface area contributed by atoms with Crippen molar-refractivity contribution >= 4 is 16.9 Å². The van der Waals surface area contributed by atoms with Gasteiger partial charge in [-0.05, 0) is 26.8 Å². The smallest absolute Gasteiger partial charge is 0.256 e. The first kappa shape index (κ1) is 22.0. The van der Waals surface area contributed by atoms with Crippen LogP contribution >= 0.6 is 0 Å². The van der Waals surface area contributed by atoms with Crippen molar-refractivity contribution in [2.75, 3.05) is 26.8 Å². The number of hydrogen-bond acceptors (Lipinski definition) is 7. The van der Waals surface area contributed by atoms with Crippen LogP contribution in [-0.2, 0) is 11.3 Å². The van der Waals surface area contributed by atoms with E-state index in [0.29, 0.717) is 40.2 Å². The highest BCUT2D eigenvalue weighted by Gasteiger charge is 2.29. The summed E-state index contributed by atoms with van der Waals surface area (Å²) in [5.74, 6) is 0.127. The molecule has 0 bridgehead atoms. The maximum atomic E-state index is 13.3. The van der Waals surface area contributed by atoms with Crippen LogP contribution in [0.15, 0.2) is 23.4 Å². The van der Waals surface area contributed by atoms with Crippen LogP contribution in [0.3, 0.4) is 0 Å². The minimum Gasteiger partial charge on any atom is -0.496 e. The van der Waals surface area contributed by atoms with Crippen molar-refractivity contribution in [1.29, 1.82) is 0 Å². The third-order valence-corrected chi connectivity index (χ3v) is 5.92. The van der Waals surface area contributed by atoms with Gasteiger partial charge in [0, 0.05) is 30.7 Å². The van der Waals surface area contributed by atoms with E-state index < -0.39 is 0 Å². The molecule has 0 aromatic carbocycles. The highest BCUT2D eigenvalue weighted by atomic mass is 16.5. The number of pyridine rings is 1. The molecule has 3 N–H and O–H groups in total. The van der Waals surface area contributed by atoms with Gasteiger partial charge in [-0.3, -0.25) is 9.59 Å². The van der Waals surface area contributed by atoms with Crippen molar-refractivity contribution in [1.82, 2.24) is 30.2 Å². The van der Waals surface area contributed by atoms with Crippen LogP contribution in [0.4, 0.5) is 0 Å². The van der Waals surface area contributed by atoms with Crippen LogP contribution in [-0.4, -0.2) is 58.3 Å². The van der Waals surface area contributed by atoms with Crippen LogP contribution in [0.25, 0.3) is 11.0 Å². The molecule has 0 radical (unpaired) electrons. The lowest BCUT2D eigenvalue weighted by molar-refractivity contribution is 0.0000608. The van der Waals surface area contributed by atoms with Gasteiger partial charge in [-0.2, -0.15) is 0 Å². The van der Waals surface area contributed by atoms with Crippen LogP contribution in [0.1, 0.15) is 40.3 Å². The fourth-order valence-corrected chi connectivity index (χ4v) is 4.31. The quantitative estimate of drug-likeness (QED) is 0.527. The fourth-order valence-electron chi connectivity index (χ4n) is 4.31. The van der Waals surface area contributed by atoms with E-state index in [1.54, 1.807) is 19.2 Å². The van der Waals surface area contributed by atoms with Crippen LogP contribution < -0.4 is 20.9 Å². The van der Waals surface area contributed by atoms with Crippen molar-refractivity contribution in [2.45, 2.75) is 39.5 Å². The zero-order valence-electron chi connectivity index (χ0n) is 18.7. The average molecular weight is 441 g/mol. The van der Waals surface area contributed by atoms with Gasteiger partial charge in [-0.25, -0.2) is 9.97 Å². The number of carbonyl (C=O) groups is 1. The van der Waals surface area contributed by atoms with Crippen molar-refractivity contribution < 1.29 is 14.3 Å². The molecular weight excluding hydrogens is 412 g/mol. The number of carbonyl (C=O) groups excluding carboxylic acids is 1. The van der Waals surface area contributed by atoms with E-state index >= 15 is 0 Å². The normalized spacial score (nSPS) is 17.3. The van der Waals surface area contributed by atoms with Crippen LogP contribution in [0.2, 0.25) is 0 Å². The molecule has 1 saturated heterocycles. The van der Waals surface area contributed by atoms with E-state index in [9.17, 15) is 9.59 Å². The number of fused-ring (bicyclic) bond motifs is 1. The summed E-state index contributed by atoms with van der Waals surface area (Å²) in [6, 6.07) is 1.69. The van der Waals surface area contributed by atoms with E-state index in [4.69, 9.17) is 9.47 Å². The molecule has 1 aliphatic rings. The number of aryl methyl sites for hydroxylation is 1. The summed E-state index contributed by atoms with van der Waals surface area (Å²) in [6.07, 6.45) is 3.08. The van der Waals surface area contributed by atoms with Crippen molar-refractivity contribution in [2.24, 2.45) is 0 Å². The molecule has 0 aliphatic carbocycles. The molecule has 170 valence electrons. The van der Waals surface area contributed by atoms with Gasteiger partial charge in [0.1, 0.15) is 17.7 Å². The molecular formula is C22H28N6O4. The number of H-pyrrole nitrogens is 1. The number of ether oxygens (including phenoxy) is 2. The Bertz CT molecular complexity index is 1200. The first-order valence-electron chi connectivity index (χ1n) is 10.6. The molecule has 1 unspecified atom stereocenters. The zero-order chi connectivity index (χ0) is 22.8. The Balaban J connectivity index is 1.67. The number of aromatic amines is 1. The predicted molar refractivity (Wildman–Crippen MR) is 119 cm³/mol. The summed E-state index contributed by atoms with van der Waals surface area (Å²) in [5.41, 5.74) is 2.68. The summed E-state index contributed by atoms with van der Waals surface area (Å²) in [7, 11) is 1.50. The molecule has 10 nitrogen and oxygen atoms in total. The third-order valence-electron chi connectivity index (χ3n) is 5.92. The van der Waals surface area contributed by atoms with Crippen molar-refractivity contribution in [3.63, 3.8) is 0 Å². The van der Waals surface area contributed by atoms with Crippen molar-refractivity contribution in [3.8, 4) is 5.75 Å². The molecule has 1 amide bonds. The van der Waals surface area contributed by atoms with Gasteiger partial charge in [0.15, 0.2) is 0 Å². The Morgan fingerprint density at radius 1 is 1.44 bits per heavy atom. The number of nitrogens with one attached hydrogen (secondary N) is 3. The summed E-state index contributed by atoms with van der Waals surface area (Å²) >= 11 is 0. The van der Waals surface area contributed by atoms with E-state index in [0.717, 1.165) is 18.8 Å². The Kier molecular flexibility index (Phi) is 6.24. The highest BCUT2D eigenvalue weighted by molar-refractivity contribution is 6.07. The predicted octanol–water partition coefficient (Wildman–Crippen LogP) is 1.22. The lowest BCUT2D eigenvalue weighted by Gasteiger charge is -2.30. The van der Waals surface area contributed by atoms with E-state index in [-0.39, 0.29) is 30.2 Å². The lowest BCUT2D eigenvalue weighted by atomic mass is 10.1. The van der Waals surface area contributed by atoms with Gasteiger partial charge in [0.25, 0.3) is 11.5 Å². The average Bonchev–Trinajstić information content (AvgIpc) is 3.09. The minimum absolute atomic E-state index is 0.0304. The standard InChI is InChI=1S/C22H28N6O4/c1-12-7-17(31-4)15(21(29)27-12)9-25-22(30)19-14(3)28(20-16(19)8-24-11-26-20)13(2)18-10-23-5-6-32-18/h7-8,11,13,18,23H,5-6,9-10H2,1-4H3,(H,25,30)(H,27,29)/t13-,18?/m1/s1. The summed E-state index contributed by atoms with van der Waals surface area (Å²) in [6.45, 7) is 7.95. The first-order valence-corrected chi connectivity index (χ1v) is 10.6. The van der Waals surface area contributed by atoms with E-state index in [2.05, 4.69) is 32.5 Å². The van der Waals surface area contributed by atoms with E-state index in [1.807, 2.05) is 11.5 Å². The van der Waals surface area contributed by atoms with Crippen LogP contribution in [0.5, 0.6) is 5.75 Å². The Morgan fingerprint density at radius 3 is 2.97 bits per heavy atom. The molecule has 1 aliphatic heterocycles. The van der Waals surface area contributed by atoms with Crippen molar-refractivity contribution in [3.05, 3.63) is 51.5 Å². The summed E-state index contributed by atoms with van der Waals surface area (Å²) in [5, 5.41) is 6.87. The maximum absolute atomic E-state index is 13.3. The molecule has 2 atom stereocenters. The molecule has 32 heavy (non-hydrogen) atoms. The molecule has 0 saturated carbocycles. The van der Waals surface area contributed by atoms with Crippen LogP contribution in [0, 0.1) is 13.8 Å².